The van der Waals surface area contributed by atoms with E-state index in [0.29, 0.717) is 17.4 Å². The van der Waals surface area contributed by atoms with Crippen LogP contribution in [-0.2, 0) is 10.5 Å². The van der Waals surface area contributed by atoms with E-state index in [9.17, 15) is 9.59 Å². The van der Waals surface area contributed by atoms with E-state index < -0.39 is 6.04 Å². The lowest BCUT2D eigenvalue weighted by Gasteiger charge is -2.21. The van der Waals surface area contributed by atoms with E-state index in [1.165, 1.54) is 24.6 Å². The molecule has 1 aliphatic carbocycles. The second kappa shape index (κ2) is 11.2. The van der Waals surface area contributed by atoms with Gasteiger partial charge in [-0.25, -0.2) is 0 Å². The molecule has 162 valence electrons. The molecule has 1 N–H and O–H groups in total. The van der Waals surface area contributed by atoms with Gasteiger partial charge in [0.15, 0.2) is 0 Å². The SMILES string of the molecule is CC(C)C[C@H](NC(=O)C1CCCCCC1)C(=O)c1nnc(SCc2cccnc2)o1. The molecule has 1 aliphatic rings. The molecular formula is C22H30N4O3S. The highest BCUT2D eigenvalue weighted by atomic mass is 32.2. The zero-order valence-corrected chi connectivity index (χ0v) is 18.5. The predicted octanol–water partition coefficient (Wildman–Crippen LogP) is 4.44. The molecule has 3 rings (SSSR count). The summed E-state index contributed by atoms with van der Waals surface area (Å²) >= 11 is 1.36. The highest BCUT2D eigenvalue weighted by Crippen LogP contribution is 2.24. The third kappa shape index (κ3) is 6.65. The Bertz CT molecular complexity index is 817. The molecule has 2 heterocycles. The number of carbonyl (C=O) groups excluding carboxylic acids is 2. The molecule has 2 aromatic rings. The summed E-state index contributed by atoms with van der Waals surface area (Å²) in [4.78, 5) is 29.9. The van der Waals surface area contributed by atoms with Gasteiger partial charge >= 0.3 is 0 Å². The zero-order chi connectivity index (χ0) is 21.3. The smallest absolute Gasteiger partial charge is 0.286 e. The van der Waals surface area contributed by atoms with Gasteiger partial charge in [0, 0.05) is 24.1 Å². The number of nitrogens with one attached hydrogen (secondary N) is 1. The average molecular weight is 431 g/mol. The lowest BCUT2D eigenvalue weighted by molar-refractivity contribution is -0.126. The van der Waals surface area contributed by atoms with Crippen LogP contribution in [0.1, 0.15) is 75.0 Å². The largest absolute Gasteiger partial charge is 0.408 e. The summed E-state index contributed by atoms with van der Waals surface area (Å²) < 4.78 is 5.60. The topological polar surface area (TPSA) is 98.0 Å². The molecule has 0 aliphatic heterocycles. The van der Waals surface area contributed by atoms with Gasteiger partial charge in [0.05, 0.1) is 6.04 Å². The minimum absolute atomic E-state index is 0.0109. The number of ketones is 1. The summed E-state index contributed by atoms with van der Waals surface area (Å²) in [7, 11) is 0. The van der Waals surface area contributed by atoms with E-state index in [0.717, 1.165) is 31.2 Å². The highest BCUT2D eigenvalue weighted by Gasteiger charge is 2.30. The quantitative estimate of drug-likeness (QED) is 0.357. The molecular weight excluding hydrogens is 400 g/mol. The lowest BCUT2D eigenvalue weighted by Crippen LogP contribution is -2.44. The Labute approximate surface area is 181 Å². The number of carbonyl (C=O) groups is 2. The Balaban J connectivity index is 1.62. The van der Waals surface area contributed by atoms with Crippen molar-refractivity contribution in [2.45, 2.75) is 75.8 Å². The Morgan fingerprint density at radius 3 is 2.63 bits per heavy atom. The van der Waals surface area contributed by atoms with Crippen LogP contribution in [0.5, 0.6) is 0 Å². The Morgan fingerprint density at radius 2 is 1.97 bits per heavy atom. The fraction of sp³-hybridized carbons (Fsp3) is 0.591. The predicted molar refractivity (Wildman–Crippen MR) is 115 cm³/mol. The molecule has 7 nitrogen and oxygen atoms in total. The summed E-state index contributed by atoms with van der Waals surface area (Å²) in [6, 6.07) is 3.19. The van der Waals surface area contributed by atoms with Gasteiger partial charge in [0.1, 0.15) is 0 Å². The van der Waals surface area contributed by atoms with Crippen molar-refractivity contribution in [2.75, 3.05) is 0 Å². The molecule has 1 amide bonds. The van der Waals surface area contributed by atoms with E-state index in [4.69, 9.17) is 4.42 Å². The lowest BCUT2D eigenvalue weighted by atomic mass is 9.96. The fourth-order valence-corrected chi connectivity index (χ4v) is 4.38. The first kappa shape index (κ1) is 22.5. The third-order valence-corrected chi connectivity index (χ3v) is 6.16. The van der Waals surface area contributed by atoms with Crippen LogP contribution in [0.2, 0.25) is 0 Å². The molecule has 0 radical (unpaired) electrons. The Hall–Kier alpha value is -2.22. The number of pyridine rings is 1. The van der Waals surface area contributed by atoms with Gasteiger partial charge in [0.2, 0.25) is 11.7 Å². The van der Waals surface area contributed by atoms with Crippen molar-refractivity contribution in [3.8, 4) is 0 Å². The first-order valence-electron chi connectivity index (χ1n) is 10.7. The summed E-state index contributed by atoms with van der Waals surface area (Å²) in [6.07, 6.45) is 10.3. The number of Topliss-reactive ketones (excluding diaryl/α,β-unsaturated/α-hetero) is 1. The number of thioether (sulfide) groups is 1. The zero-order valence-electron chi connectivity index (χ0n) is 17.7. The van der Waals surface area contributed by atoms with Gasteiger partial charge in [-0.3, -0.25) is 14.6 Å². The second-order valence-corrected chi connectivity index (χ2v) is 9.19. The van der Waals surface area contributed by atoms with Crippen LogP contribution < -0.4 is 5.32 Å². The van der Waals surface area contributed by atoms with Crippen molar-refractivity contribution < 1.29 is 14.0 Å². The van der Waals surface area contributed by atoms with Crippen molar-refractivity contribution in [2.24, 2.45) is 11.8 Å². The summed E-state index contributed by atoms with van der Waals surface area (Å²) in [5, 5.41) is 11.2. The molecule has 1 atom stereocenters. The molecule has 1 saturated carbocycles. The van der Waals surface area contributed by atoms with Crippen molar-refractivity contribution in [3.63, 3.8) is 0 Å². The first-order valence-corrected chi connectivity index (χ1v) is 11.7. The van der Waals surface area contributed by atoms with E-state index >= 15 is 0 Å². The number of rotatable bonds is 9. The monoisotopic (exact) mass is 430 g/mol. The standard InChI is InChI=1S/C22H30N4O3S/c1-15(2)12-18(24-20(28)17-9-5-3-4-6-10-17)19(27)21-25-26-22(29-21)30-14-16-8-7-11-23-13-16/h7-8,11,13,15,17-18H,3-6,9-10,12,14H2,1-2H3,(H,24,28)/t18-/m0/s1. The minimum atomic E-state index is -0.641. The maximum Gasteiger partial charge on any atom is 0.286 e. The summed E-state index contributed by atoms with van der Waals surface area (Å²) in [5.41, 5.74) is 1.03. The maximum atomic E-state index is 13.0. The normalized spacial score (nSPS) is 16.2. The van der Waals surface area contributed by atoms with E-state index in [2.05, 4.69) is 20.5 Å². The van der Waals surface area contributed by atoms with Crippen LogP contribution in [0.4, 0.5) is 0 Å². The summed E-state index contributed by atoms with van der Waals surface area (Å²) in [6.45, 7) is 4.06. The summed E-state index contributed by atoms with van der Waals surface area (Å²) in [5.74, 6) is 0.472. The van der Waals surface area contributed by atoms with Crippen LogP contribution in [-0.4, -0.2) is 32.9 Å². The first-order chi connectivity index (χ1) is 14.5. The average Bonchev–Trinajstić information content (AvgIpc) is 3.04. The molecule has 1 fully saturated rings. The molecule has 0 saturated heterocycles. The second-order valence-electron chi connectivity index (χ2n) is 8.27. The van der Waals surface area contributed by atoms with Crippen LogP contribution in [0.3, 0.4) is 0 Å². The molecule has 30 heavy (non-hydrogen) atoms. The van der Waals surface area contributed by atoms with Gasteiger partial charge in [-0.1, -0.05) is 57.4 Å². The molecule has 2 aromatic heterocycles. The third-order valence-electron chi connectivity index (χ3n) is 5.27. The number of amides is 1. The molecule has 0 spiro atoms. The van der Waals surface area contributed by atoms with Gasteiger partial charge in [-0.15, -0.1) is 10.2 Å². The maximum absolute atomic E-state index is 13.0. The highest BCUT2D eigenvalue weighted by molar-refractivity contribution is 7.98. The van der Waals surface area contributed by atoms with Gasteiger partial charge in [-0.2, -0.15) is 0 Å². The van der Waals surface area contributed by atoms with Crippen molar-refractivity contribution in [1.29, 1.82) is 0 Å². The van der Waals surface area contributed by atoms with Crippen molar-refractivity contribution >= 4 is 23.5 Å². The number of hydrogen-bond acceptors (Lipinski definition) is 7. The van der Waals surface area contributed by atoms with Crippen LogP contribution in [0.25, 0.3) is 0 Å². The molecule has 8 heteroatoms. The van der Waals surface area contributed by atoms with Gasteiger partial charge in [0.25, 0.3) is 11.1 Å². The number of aromatic nitrogens is 3. The Morgan fingerprint density at radius 1 is 1.20 bits per heavy atom. The van der Waals surface area contributed by atoms with E-state index in [1.807, 2.05) is 26.0 Å². The van der Waals surface area contributed by atoms with Gasteiger partial charge < -0.3 is 9.73 Å². The molecule has 0 bridgehead atoms. The van der Waals surface area contributed by atoms with Crippen molar-refractivity contribution in [1.82, 2.24) is 20.5 Å². The van der Waals surface area contributed by atoms with Crippen LogP contribution in [0.15, 0.2) is 34.2 Å². The number of hydrogen-bond donors (Lipinski definition) is 1. The van der Waals surface area contributed by atoms with Crippen molar-refractivity contribution in [3.05, 3.63) is 36.0 Å². The van der Waals surface area contributed by atoms with E-state index in [-0.39, 0.29) is 29.4 Å². The van der Waals surface area contributed by atoms with Crippen LogP contribution >= 0.6 is 11.8 Å². The molecule has 0 aromatic carbocycles. The van der Waals surface area contributed by atoms with Gasteiger partial charge in [-0.05, 0) is 36.8 Å². The Kier molecular flexibility index (Phi) is 8.42. The minimum Gasteiger partial charge on any atom is -0.408 e. The number of nitrogens with zero attached hydrogens (tertiary/aromatic N) is 3. The van der Waals surface area contributed by atoms with Crippen LogP contribution in [0, 0.1) is 11.8 Å². The fourth-order valence-electron chi connectivity index (χ4n) is 3.68. The van der Waals surface area contributed by atoms with E-state index in [1.54, 1.807) is 12.4 Å². The molecule has 0 unspecified atom stereocenters.